The van der Waals surface area contributed by atoms with Crippen LogP contribution < -0.4 is 4.90 Å². The minimum absolute atomic E-state index is 0.206. The molecule has 2 aromatic rings. The van der Waals surface area contributed by atoms with Gasteiger partial charge in [0.05, 0.1) is 24.6 Å². The van der Waals surface area contributed by atoms with E-state index in [1.807, 2.05) is 6.07 Å². The lowest BCUT2D eigenvalue weighted by molar-refractivity contribution is 0.627. The largest absolute Gasteiger partial charge is 0.365 e. The monoisotopic (exact) mass is 263 g/mol. The summed E-state index contributed by atoms with van der Waals surface area (Å²) in [6.45, 7) is 1.50. The molecule has 0 saturated heterocycles. The highest BCUT2D eigenvalue weighted by atomic mass is 35.5. The van der Waals surface area contributed by atoms with Gasteiger partial charge in [0.1, 0.15) is 11.0 Å². The van der Waals surface area contributed by atoms with E-state index in [9.17, 15) is 4.39 Å². The molecule has 1 aliphatic rings. The number of anilines is 1. The van der Waals surface area contributed by atoms with E-state index in [0.717, 1.165) is 24.3 Å². The van der Waals surface area contributed by atoms with Crippen LogP contribution in [0.4, 0.5) is 10.1 Å². The van der Waals surface area contributed by atoms with Crippen molar-refractivity contribution in [3.63, 3.8) is 0 Å². The molecule has 1 aromatic heterocycles. The summed E-state index contributed by atoms with van der Waals surface area (Å²) in [4.78, 5) is 10.3. The molecule has 0 spiro atoms. The molecule has 0 bridgehead atoms. The van der Waals surface area contributed by atoms with E-state index in [2.05, 4.69) is 14.9 Å². The zero-order valence-corrected chi connectivity index (χ0v) is 10.4. The van der Waals surface area contributed by atoms with Gasteiger partial charge in [-0.25, -0.2) is 9.37 Å². The molecule has 0 aliphatic carbocycles. The third-order valence-corrected chi connectivity index (χ3v) is 3.26. The van der Waals surface area contributed by atoms with Crippen molar-refractivity contribution in [1.29, 1.82) is 0 Å². The van der Waals surface area contributed by atoms with E-state index in [1.165, 1.54) is 17.8 Å². The number of benzene rings is 1. The summed E-state index contributed by atoms with van der Waals surface area (Å²) in [6, 6.07) is 4.92. The minimum atomic E-state index is -0.206. The zero-order valence-electron chi connectivity index (χ0n) is 9.61. The molecule has 0 radical (unpaired) electrons. The minimum Gasteiger partial charge on any atom is -0.365 e. The fourth-order valence-corrected chi connectivity index (χ4v) is 2.30. The second-order valence-electron chi connectivity index (χ2n) is 4.28. The molecule has 5 heteroatoms. The lowest BCUT2D eigenvalue weighted by atomic mass is 10.2. The number of hydrogen-bond acceptors (Lipinski definition) is 3. The van der Waals surface area contributed by atoms with E-state index < -0.39 is 0 Å². The quantitative estimate of drug-likeness (QED) is 0.834. The second kappa shape index (κ2) is 4.53. The van der Waals surface area contributed by atoms with Crippen molar-refractivity contribution < 1.29 is 4.39 Å². The van der Waals surface area contributed by atoms with Gasteiger partial charge in [-0.15, -0.1) is 0 Å². The number of aromatic nitrogens is 2. The van der Waals surface area contributed by atoms with Gasteiger partial charge < -0.3 is 4.90 Å². The fourth-order valence-electron chi connectivity index (χ4n) is 2.20. The van der Waals surface area contributed by atoms with Crippen molar-refractivity contribution in [2.24, 2.45) is 0 Å². The van der Waals surface area contributed by atoms with E-state index in [4.69, 9.17) is 11.6 Å². The SMILES string of the molecule is Fc1ccc2c(c1)N(Cc1cnc(Cl)cn1)CC2. The normalized spacial score (nSPS) is 13.8. The molecule has 1 aliphatic heterocycles. The summed E-state index contributed by atoms with van der Waals surface area (Å²) in [5, 5.41) is 0.381. The fraction of sp³-hybridized carbons (Fsp3) is 0.231. The average molecular weight is 264 g/mol. The van der Waals surface area contributed by atoms with Gasteiger partial charge in [0.2, 0.25) is 0 Å². The zero-order chi connectivity index (χ0) is 12.5. The topological polar surface area (TPSA) is 29.0 Å². The smallest absolute Gasteiger partial charge is 0.147 e. The Morgan fingerprint density at radius 1 is 1.28 bits per heavy atom. The Bertz CT molecular complexity index is 571. The van der Waals surface area contributed by atoms with Gasteiger partial charge in [0, 0.05) is 12.2 Å². The van der Waals surface area contributed by atoms with Crippen LogP contribution in [0.2, 0.25) is 5.15 Å². The molecule has 3 nitrogen and oxygen atoms in total. The highest BCUT2D eigenvalue weighted by Gasteiger charge is 2.19. The molecule has 3 rings (SSSR count). The molecule has 2 heterocycles. The van der Waals surface area contributed by atoms with Crippen LogP contribution in [0.3, 0.4) is 0 Å². The Morgan fingerprint density at radius 3 is 2.94 bits per heavy atom. The van der Waals surface area contributed by atoms with E-state index in [0.29, 0.717) is 11.7 Å². The summed E-state index contributed by atoms with van der Waals surface area (Å²) < 4.78 is 13.3. The Balaban J connectivity index is 1.84. The molecule has 92 valence electrons. The van der Waals surface area contributed by atoms with Crippen LogP contribution in [0.5, 0.6) is 0 Å². The van der Waals surface area contributed by atoms with Crippen molar-refractivity contribution in [3.8, 4) is 0 Å². The first-order valence-corrected chi connectivity index (χ1v) is 6.10. The van der Waals surface area contributed by atoms with Gasteiger partial charge in [-0.3, -0.25) is 4.98 Å². The number of hydrogen-bond donors (Lipinski definition) is 0. The molecule has 0 fully saturated rings. The third-order valence-electron chi connectivity index (χ3n) is 3.07. The molecule has 0 amide bonds. The van der Waals surface area contributed by atoms with Crippen LogP contribution in [0.1, 0.15) is 11.3 Å². The van der Waals surface area contributed by atoms with Gasteiger partial charge in [-0.05, 0) is 24.1 Å². The van der Waals surface area contributed by atoms with Crippen molar-refractivity contribution in [2.45, 2.75) is 13.0 Å². The highest BCUT2D eigenvalue weighted by Crippen LogP contribution is 2.29. The first-order chi connectivity index (χ1) is 8.72. The molecule has 0 atom stereocenters. The Morgan fingerprint density at radius 2 is 2.17 bits per heavy atom. The Kier molecular flexibility index (Phi) is 2.88. The Hall–Kier alpha value is -1.68. The number of nitrogens with zero attached hydrogens (tertiary/aromatic N) is 3. The maximum absolute atomic E-state index is 13.3. The maximum atomic E-state index is 13.3. The van der Waals surface area contributed by atoms with E-state index >= 15 is 0 Å². The van der Waals surface area contributed by atoms with E-state index in [1.54, 1.807) is 12.3 Å². The molecule has 18 heavy (non-hydrogen) atoms. The van der Waals surface area contributed by atoms with Crippen LogP contribution in [-0.2, 0) is 13.0 Å². The molecule has 0 unspecified atom stereocenters. The van der Waals surface area contributed by atoms with Crippen molar-refractivity contribution >= 4 is 17.3 Å². The predicted molar refractivity (Wildman–Crippen MR) is 68.2 cm³/mol. The first kappa shape index (κ1) is 11.4. The summed E-state index contributed by atoms with van der Waals surface area (Å²) in [7, 11) is 0. The van der Waals surface area contributed by atoms with Gasteiger partial charge in [-0.2, -0.15) is 0 Å². The first-order valence-electron chi connectivity index (χ1n) is 5.72. The predicted octanol–water partition coefficient (Wildman–Crippen LogP) is 2.83. The van der Waals surface area contributed by atoms with Crippen LogP contribution in [0.25, 0.3) is 0 Å². The second-order valence-corrected chi connectivity index (χ2v) is 4.66. The Labute approximate surface area is 109 Å². The van der Waals surface area contributed by atoms with Crippen molar-refractivity contribution in [2.75, 3.05) is 11.4 Å². The summed E-state index contributed by atoms with van der Waals surface area (Å²) in [5.41, 5.74) is 2.96. The van der Waals surface area contributed by atoms with Crippen LogP contribution in [0, 0.1) is 5.82 Å². The summed E-state index contributed by atoms with van der Waals surface area (Å²) in [5.74, 6) is -0.206. The van der Waals surface area contributed by atoms with Crippen LogP contribution >= 0.6 is 11.6 Å². The maximum Gasteiger partial charge on any atom is 0.147 e. The van der Waals surface area contributed by atoms with Gasteiger partial charge in [0.25, 0.3) is 0 Å². The standard InChI is InChI=1S/C13H11ClFN3/c14-13-7-16-11(6-17-13)8-18-4-3-9-1-2-10(15)5-12(9)18/h1-2,5-7H,3-4,8H2. The summed E-state index contributed by atoms with van der Waals surface area (Å²) >= 11 is 5.69. The highest BCUT2D eigenvalue weighted by molar-refractivity contribution is 6.29. The number of rotatable bonds is 2. The van der Waals surface area contributed by atoms with Crippen molar-refractivity contribution in [1.82, 2.24) is 9.97 Å². The summed E-state index contributed by atoms with van der Waals surface area (Å²) in [6.07, 6.45) is 4.12. The number of fused-ring (bicyclic) bond motifs is 1. The molecular weight excluding hydrogens is 253 g/mol. The molecule has 0 N–H and O–H groups in total. The third kappa shape index (κ3) is 2.16. The van der Waals surface area contributed by atoms with Crippen LogP contribution in [0.15, 0.2) is 30.6 Å². The van der Waals surface area contributed by atoms with Gasteiger partial charge in [0.15, 0.2) is 0 Å². The van der Waals surface area contributed by atoms with E-state index in [-0.39, 0.29) is 5.82 Å². The molecular formula is C13H11ClFN3. The lowest BCUT2D eigenvalue weighted by Crippen LogP contribution is -2.20. The molecule has 1 aromatic carbocycles. The average Bonchev–Trinajstić information content (AvgIpc) is 2.75. The van der Waals surface area contributed by atoms with Crippen molar-refractivity contribution in [3.05, 3.63) is 52.8 Å². The lowest BCUT2D eigenvalue weighted by Gasteiger charge is -2.18. The van der Waals surface area contributed by atoms with Crippen LogP contribution in [-0.4, -0.2) is 16.5 Å². The molecule has 0 saturated carbocycles. The number of halogens is 2. The van der Waals surface area contributed by atoms with Gasteiger partial charge in [-0.1, -0.05) is 17.7 Å². The van der Waals surface area contributed by atoms with Gasteiger partial charge >= 0.3 is 0 Å².